The first-order chi connectivity index (χ1) is 16.4. The minimum absolute atomic E-state index is 0.447. The fourth-order valence-electron chi connectivity index (χ4n) is 4.22. The number of halogens is 4. The number of benzene rings is 4. The first-order valence-electron chi connectivity index (χ1n) is 10.8. The van der Waals surface area contributed by atoms with Gasteiger partial charge in [-0.15, -0.1) is 0 Å². The molecule has 1 heterocycles. The number of nitrogens with zero attached hydrogens (tertiary/aromatic N) is 2. The fraction of sp³-hybridized carbons (Fsp3) is 0. The molecule has 168 valence electrons. The van der Waals surface area contributed by atoms with E-state index < -0.39 is 6.97 Å². The Morgan fingerprint density at radius 1 is 0.618 bits per heavy atom. The summed E-state index contributed by atoms with van der Waals surface area (Å²) in [4.78, 5) is 1.19. The molecule has 0 bridgehead atoms. The van der Waals surface area contributed by atoms with Crippen LogP contribution in [0.5, 0.6) is 0 Å². The van der Waals surface area contributed by atoms with Gasteiger partial charge in [0.15, 0.2) is 11.4 Å². The standard InChI is InChI=1S/C27H19BF2I2N2/c29-28(30)33(24-15-11-22(31)12-16-24)26(20-7-3-1-4-8-20)19-27(21-9-5-2-6-10-21)34(28)25-17-13-23(32)14-18-25/h1-19H. The van der Waals surface area contributed by atoms with Gasteiger partial charge in [-0.05, 0) is 99.3 Å². The second-order valence-electron chi connectivity index (χ2n) is 7.93. The van der Waals surface area contributed by atoms with E-state index in [9.17, 15) is 0 Å². The molecular weight excluding hydrogens is 655 g/mol. The van der Waals surface area contributed by atoms with E-state index in [1.54, 1.807) is 24.3 Å². The number of hydrogen-bond donors (Lipinski definition) is 0. The number of rotatable bonds is 4. The molecule has 0 N–H and O–H groups in total. The maximum Gasteiger partial charge on any atom is 0.737 e. The zero-order valence-electron chi connectivity index (χ0n) is 18.0. The van der Waals surface area contributed by atoms with E-state index in [4.69, 9.17) is 0 Å². The zero-order chi connectivity index (χ0) is 23.7. The summed E-state index contributed by atoms with van der Waals surface area (Å²) in [5.74, 6) is 0. The van der Waals surface area contributed by atoms with Crippen LogP contribution in [0.2, 0.25) is 0 Å². The maximum absolute atomic E-state index is 16.8. The summed E-state index contributed by atoms with van der Waals surface area (Å²) in [5, 5.41) is 0. The highest BCUT2D eigenvalue weighted by molar-refractivity contribution is 14.1. The van der Waals surface area contributed by atoms with Gasteiger partial charge in [0.2, 0.25) is 0 Å². The minimum atomic E-state index is -4.25. The smallest absolute Gasteiger partial charge is 0.390 e. The van der Waals surface area contributed by atoms with Gasteiger partial charge in [-0.25, -0.2) is 0 Å². The van der Waals surface area contributed by atoms with Crippen molar-refractivity contribution in [2.75, 3.05) is 4.81 Å². The quantitative estimate of drug-likeness (QED) is 0.157. The predicted octanol–water partition coefficient (Wildman–Crippen LogP) is 7.97. The number of anilines is 1. The lowest BCUT2D eigenvalue weighted by molar-refractivity contribution is -0.326. The fourth-order valence-corrected chi connectivity index (χ4v) is 4.94. The Morgan fingerprint density at radius 3 is 1.68 bits per heavy atom. The Kier molecular flexibility index (Phi) is 6.57. The third-order valence-electron chi connectivity index (χ3n) is 5.76. The second kappa shape index (κ2) is 9.61. The van der Waals surface area contributed by atoms with Gasteiger partial charge >= 0.3 is 6.97 Å². The Bertz CT molecular complexity index is 1370. The Hall–Kier alpha value is -2.53. The highest BCUT2D eigenvalue weighted by Gasteiger charge is 2.54. The molecule has 0 spiro atoms. The van der Waals surface area contributed by atoms with Crippen LogP contribution < -0.4 is 4.81 Å². The molecule has 4 aromatic rings. The third kappa shape index (κ3) is 4.43. The summed E-state index contributed by atoms with van der Waals surface area (Å²) in [6.07, 6.45) is 1.87. The van der Waals surface area contributed by atoms with Crippen molar-refractivity contribution in [3.63, 3.8) is 0 Å². The van der Waals surface area contributed by atoms with Crippen LogP contribution in [-0.4, -0.2) is 17.2 Å². The summed E-state index contributed by atoms with van der Waals surface area (Å²) < 4.78 is 36.8. The molecule has 0 saturated carbocycles. The highest BCUT2D eigenvalue weighted by atomic mass is 127. The largest absolute Gasteiger partial charge is 0.737 e. The van der Waals surface area contributed by atoms with Crippen molar-refractivity contribution in [2.45, 2.75) is 0 Å². The van der Waals surface area contributed by atoms with Crippen molar-refractivity contribution in [3.05, 3.63) is 134 Å². The van der Waals surface area contributed by atoms with Crippen molar-refractivity contribution < 1.29 is 13.1 Å². The molecule has 0 amide bonds. The van der Waals surface area contributed by atoms with Crippen LogP contribution in [-0.2, 0) is 0 Å². The molecule has 0 atom stereocenters. The molecule has 0 radical (unpaired) electrons. The van der Waals surface area contributed by atoms with Crippen LogP contribution >= 0.6 is 45.2 Å². The van der Waals surface area contributed by atoms with E-state index in [1.165, 1.54) is 9.30 Å². The van der Waals surface area contributed by atoms with E-state index in [0.717, 1.165) is 18.3 Å². The summed E-state index contributed by atoms with van der Waals surface area (Å²) in [5.41, 5.74) is 3.29. The van der Waals surface area contributed by atoms with E-state index in [-0.39, 0.29) is 0 Å². The van der Waals surface area contributed by atoms with Gasteiger partial charge in [-0.2, -0.15) is 0 Å². The van der Waals surface area contributed by atoms with E-state index >= 15 is 8.63 Å². The van der Waals surface area contributed by atoms with E-state index in [2.05, 4.69) is 45.2 Å². The Labute approximate surface area is 225 Å². The van der Waals surface area contributed by atoms with Gasteiger partial charge < -0.3 is 17.9 Å². The lowest BCUT2D eigenvalue weighted by atomic mass is 9.82. The molecule has 0 unspecified atom stereocenters. The molecule has 0 saturated heterocycles. The molecule has 2 nitrogen and oxygen atoms in total. The first-order valence-corrected chi connectivity index (χ1v) is 12.9. The van der Waals surface area contributed by atoms with Gasteiger partial charge in [0, 0.05) is 42.3 Å². The van der Waals surface area contributed by atoms with Gasteiger partial charge in [-0.3, -0.25) is 0 Å². The van der Waals surface area contributed by atoms with Crippen molar-refractivity contribution in [2.24, 2.45) is 0 Å². The van der Waals surface area contributed by atoms with E-state index in [1.807, 2.05) is 91.0 Å². The average molecular weight is 674 g/mol. The topological polar surface area (TPSA) is 6.25 Å². The lowest BCUT2D eigenvalue weighted by Gasteiger charge is -2.41. The lowest BCUT2D eigenvalue weighted by Crippen LogP contribution is -2.57. The van der Waals surface area contributed by atoms with Gasteiger partial charge in [-0.1, -0.05) is 48.5 Å². The van der Waals surface area contributed by atoms with Crippen LogP contribution in [0, 0.1) is 7.14 Å². The molecule has 34 heavy (non-hydrogen) atoms. The minimum Gasteiger partial charge on any atom is -0.390 e. The maximum atomic E-state index is 16.8. The summed E-state index contributed by atoms with van der Waals surface area (Å²) in [7, 11) is 0. The van der Waals surface area contributed by atoms with Gasteiger partial charge in [0.05, 0.1) is 0 Å². The van der Waals surface area contributed by atoms with Crippen molar-refractivity contribution in [3.8, 4) is 0 Å². The molecule has 1 aliphatic heterocycles. The molecule has 7 heteroatoms. The monoisotopic (exact) mass is 674 g/mol. The summed E-state index contributed by atoms with van der Waals surface area (Å²) >= 11 is 4.38. The molecule has 1 aliphatic rings. The predicted molar refractivity (Wildman–Crippen MR) is 154 cm³/mol. The Balaban J connectivity index is 1.84. The number of hydrogen-bond acceptors (Lipinski definition) is 1. The highest BCUT2D eigenvalue weighted by Crippen LogP contribution is 2.40. The number of allylic oxidation sites excluding steroid dienone is 1. The molecule has 4 aromatic carbocycles. The van der Waals surface area contributed by atoms with Crippen LogP contribution in [0.15, 0.2) is 115 Å². The average Bonchev–Trinajstić information content (AvgIpc) is 2.86. The van der Waals surface area contributed by atoms with Crippen LogP contribution in [0.1, 0.15) is 11.1 Å². The van der Waals surface area contributed by atoms with Crippen LogP contribution in [0.3, 0.4) is 0 Å². The third-order valence-corrected chi connectivity index (χ3v) is 7.20. The van der Waals surface area contributed by atoms with Gasteiger partial charge in [0.1, 0.15) is 0 Å². The molecular formula is C27H19BF2I2N2. The summed E-state index contributed by atoms with van der Waals surface area (Å²) in [6, 6.07) is 33.3. The second-order valence-corrected chi connectivity index (χ2v) is 10.4. The normalized spacial score (nSPS) is 15.3. The summed E-state index contributed by atoms with van der Waals surface area (Å²) in [6.45, 7) is -4.25. The van der Waals surface area contributed by atoms with Crippen molar-refractivity contribution in [1.29, 1.82) is 0 Å². The van der Waals surface area contributed by atoms with Crippen LogP contribution in [0.25, 0.3) is 5.70 Å². The van der Waals surface area contributed by atoms with Gasteiger partial charge in [0.25, 0.3) is 0 Å². The van der Waals surface area contributed by atoms with E-state index in [0.29, 0.717) is 22.8 Å². The molecule has 0 aromatic heterocycles. The zero-order valence-corrected chi connectivity index (χ0v) is 22.3. The first kappa shape index (κ1) is 23.2. The Morgan fingerprint density at radius 2 is 1.12 bits per heavy atom. The van der Waals surface area contributed by atoms with Crippen molar-refractivity contribution >= 4 is 74.9 Å². The van der Waals surface area contributed by atoms with Crippen molar-refractivity contribution in [1.82, 2.24) is 0 Å². The SMILES string of the molecule is F[B-]1(F)N(c2ccc(I)cc2)C(c2ccccc2)=CC(c2ccccc2)=[N+]1c1ccc(I)cc1. The van der Waals surface area contributed by atoms with Crippen LogP contribution in [0.4, 0.5) is 20.0 Å². The molecule has 5 rings (SSSR count). The molecule has 0 fully saturated rings. The molecule has 0 aliphatic carbocycles.